The third-order valence-corrected chi connectivity index (χ3v) is 2.37. The molecule has 0 aliphatic carbocycles. The molecule has 0 aliphatic heterocycles. The number of nitrogens with zero attached hydrogens (tertiary/aromatic N) is 1. The number of carbonyl (C=O) groups is 1. The molecule has 2 amide bonds. The van der Waals surface area contributed by atoms with E-state index in [0.717, 1.165) is 18.5 Å². The first kappa shape index (κ1) is 11.6. The molecule has 0 heterocycles. The first-order valence-electron chi connectivity index (χ1n) is 5.35. The zero-order valence-corrected chi connectivity index (χ0v) is 9.36. The maximum absolute atomic E-state index is 11.2. The van der Waals surface area contributed by atoms with Gasteiger partial charge in [-0.15, -0.1) is 0 Å². The summed E-state index contributed by atoms with van der Waals surface area (Å²) in [6.45, 7) is 4.80. The van der Waals surface area contributed by atoms with Crippen LogP contribution in [0.1, 0.15) is 25.8 Å². The van der Waals surface area contributed by atoms with Gasteiger partial charge in [0.25, 0.3) is 0 Å². The van der Waals surface area contributed by atoms with Crippen molar-refractivity contribution >= 4 is 11.7 Å². The van der Waals surface area contributed by atoms with Crippen molar-refractivity contribution < 1.29 is 4.79 Å². The summed E-state index contributed by atoms with van der Waals surface area (Å²) in [6.07, 6.45) is 1.91. The topological polar surface area (TPSA) is 46.3 Å². The maximum atomic E-state index is 11.2. The van der Waals surface area contributed by atoms with E-state index in [-0.39, 0.29) is 6.03 Å². The Labute approximate surface area is 90.9 Å². The zero-order chi connectivity index (χ0) is 11.3. The van der Waals surface area contributed by atoms with E-state index in [1.165, 1.54) is 5.56 Å². The zero-order valence-electron chi connectivity index (χ0n) is 9.36. The van der Waals surface area contributed by atoms with Crippen molar-refractivity contribution in [2.75, 3.05) is 11.4 Å². The van der Waals surface area contributed by atoms with Crippen molar-refractivity contribution in [3.63, 3.8) is 0 Å². The molecule has 82 valence electrons. The normalized spacial score (nSPS) is 10.0. The van der Waals surface area contributed by atoms with Gasteiger partial charge in [0.05, 0.1) is 0 Å². The fourth-order valence-corrected chi connectivity index (χ4v) is 1.50. The Morgan fingerprint density at radius 1 is 1.27 bits per heavy atom. The Kier molecular flexibility index (Phi) is 4.16. The largest absolute Gasteiger partial charge is 0.351 e. The van der Waals surface area contributed by atoms with Crippen LogP contribution in [0.25, 0.3) is 0 Å². The molecule has 0 saturated heterocycles. The minimum atomic E-state index is -0.388. The highest BCUT2D eigenvalue weighted by Gasteiger charge is 2.10. The minimum Gasteiger partial charge on any atom is -0.351 e. The molecule has 0 aromatic heterocycles. The molecular weight excluding hydrogens is 188 g/mol. The lowest BCUT2D eigenvalue weighted by Gasteiger charge is -2.19. The van der Waals surface area contributed by atoms with Crippen molar-refractivity contribution in [1.82, 2.24) is 0 Å². The van der Waals surface area contributed by atoms with Gasteiger partial charge in [0.2, 0.25) is 0 Å². The standard InChI is InChI=1S/C12H18N2O/c1-3-9-14(12(13)15)11-7-5-10(4-2)6-8-11/h5-8H,3-4,9H2,1-2H3,(H2,13,15). The Morgan fingerprint density at radius 3 is 2.27 bits per heavy atom. The van der Waals surface area contributed by atoms with Crippen LogP contribution in [0.4, 0.5) is 10.5 Å². The lowest BCUT2D eigenvalue weighted by molar-refractivity contribution is 0.254. The van der Waals surface area contributed by atoms with Gasteiger partial charge in [-0.2, -0.15) is 0 Å². The van der Waals surface area contributed by atoms with Crippen LogP contribution in [0.3, 0.4) is 0 Å². The smallest absolute Gasteiger partial charge is 0.319 e. The van der Waals surface area contributed by atoms with E-state index >= 15 is 0 Å². The van der Waals surface area contributed by atoms with Crippen LogP contribution in [0, 0.1) is 0 Å². The van der Waals surface area contributed by atoms with E-state index in [9.17, 15) is 4.79 Å². The van der Waals surface area contributed by atoms with Gasteiger partial charge in [0.1, 0.15) is 0 Å². The summed E-state index contributed by atoms with van der Waals surface area (Å²) < 4.78 is 0. The number of amides is 2. The number of aryl methyl sites for hydroxylation is 1. The van der Waals surface area contributed by atoms with E-state index in [2.05, 4.69) is 6.92 Å². The number of primary amides is 1. The molecule has 0 aliphatic rings. The van der Waals surface area contributed by atoms with Crippen LogP contribution in [-0.4, -0.2) is 12.6 Å². The van der Waals surface area contributed by atoms with Crippen molar-refractivity contribution in [2.24, 2.45) is 5.73 Å². The van der Waals surface area contributed by atoms with Crippen LogP contribution in [0.2, 0.25) is 0 Å². The second kappa shape index (κ2) is 5.39. The average Bonchev–Trinajstić information content (AvgIpc) is 2.26. The maximum Gasteiger partial charge on any atom is 0.319 e. The lowest BCUT2D eigenvalue weighted by Crippen LogP contribution is -2.36. The number of nitrogens with two attached hydrogens (primary N) is 1. The summed E-state index contributed by atoms with van der Waals surface area (Å²) in [5, 5.41) is 0. The average molecular weight is 206 g/mol. The molecule has 0 bridgehead atoms. The molecule has 0 spiro atoms. The monoisotopic (exact) mass is 206 g/mol. The molecular formula is C12H18N2O. The van der Waals surface area contributed by atoms with Crippen LogP contribution >= 0.6 is 0 Å². The van der Waals surface area contributed by atoms with Crippen molar-refractivity contribution in [3.05, 3.63) is 29.8 Å². The molecule has 0 radical (unpaired) electrons. The number of rotatable bonds is 4. The van der Waals surface area contributed by atoms with Crippen molar-refractivity contribution in [3.8, 4) is 0 Å². The molecule has 1 rings (SSSR count). The van der Waals surface area contributed by atoms with Gasteiger partial charge in [-0.1, -0.05) is 26.0 Å². The molecule has 3 nitrogen and oxygen atoms in total. The number of benzene rings is 1. The fourth-order valence-electron chi connectivity index (χ4n) is 1.50. The second-order valence-corrected chi connectivity index (χ2v) is 3.51. The minimum absolute atomic E-state index is 0.388. The third kappa shape index (κ3) is 2.98. The van der Waals surface area contributed by atoms with E-state index in [1.807, 2.05) is 31.2 Å². The number of hydrogen-bond acceptors (Lipinski definition) is 1. The first-order valence-corrected chi connectivity index (χ1v) is 5.35. The van der Waals surface area contributed by atoms with E-state index < -0.39 is 0 Å². The first-order chi connectivity index (χ1) is 7.19. The Morgan fingerprint density at radius 2 is 1.87 bits per heavy atom. The lowest BCUT2D eigenvalue weighted by atomic mass is 10.1. The summed E-state index contributed by atoms with van der Waals surface area (Å²) >= 11 is 0. The van der Waals surface area contributed by atoms with Crippen LogP contribution in [0.5, 0.6) is 0 Å². The number of anilines is 1. The predicted molar refractivity (Wildman–Crippen MR) is 63.0 cm³/mol. The van der Waals surface area contributed by atoms with Crippen molar-refractivity contribution in [1.29, 1.82) is 0 Å². The highest BCUT2D eigenvalue weighted by atomic mass is 16.2. The summed E-state index contributed by atoms with van der Waals surface area (Å²) in [6, 6.07) is 7.56. The van der Waals surface area contributed by atoms with Gasteiger partial charge in [-0.05, 0) is 30.5 Å². The van der Waals surface area contributed by atoms with Gasteiger partial charge in [0, 0.05) is 12.2 Å². The van der Waals surface area contributed by atoms with Gasteiger partial charge in [-0.25, -0.2) is 4.79 Å². The third-order valence-electron chi connectivity index (χ3n) is 2.37. The summed E-state index contributed by atoms with van der Waals surface area (Å²) in [4.78, 5) is 12.8. The van der Waals surface area contributed by atoms with Gasteiger partial charge in [0.15, 0.2) is 0 Å². The molecule has 15 heavy (non-hydrogen) atoms. The Bertz CT molecular complexity index is 319. The molecule has 1 aromatic carbocycles. The van der Waals surface area contributed by atoms with Crippen LogP contribution in [-0.2, 0) is 6.42 Å². The molecule has 0 saturated carbocycles. The summed E-state index contributed by atoms with van der Waals surface area (Å²) in [5.74, 6) is 0. The number of carbonyl (C=O) groups excluding carboxylic acids is 1. The Balaban J connectivity index is 2.86. The van der Waals surface area contributed by atoms with E-state index in [4.69, 9.17) is 5.73 Å². The highest BCUT2D eigenvalue weighted by Crippen LogP contribution is 2.15. The number of hydrogen-bond donors (Lipinski definition) is 1. The fraction of sp³-hybridized carbons (Fsp3) is 0.417. The molecule has 2 N–H and O–H groups in total. The van der Waals surface area contributed by atoms with Crippen molar-refractivity contribution in [2.45, 2.75) is 26.7 Å². The van der Waals surface area contributed by atoms with Gasteiger partial charge in [-0.3, -0.25) is 4.90 Å². The summed E-state index contributed by atoms with van der Waals surface area (Å²) in [5.41, 5.74) is 7.45. The molecule has 0 unspecified atom stereocenters. The Hall–Kier alpha value is -1.51. The molecule has 0 fully saturated rings. The quantitative estimate of drug-likeness (QED) is 0.808. The van der Waals surface area contributed by atoms with Gasteiger partial charge < -0.3 is 5.73 Å². The molecule has 0 atom stereocenters. The summed E-state index contributed by atoms with van der Waals surface area (Å²) in [7, 11) is 0. The highest BCUT2D eigenvalue weighted by molar-refractivity contribution is 5.90. The van der Waals surface area contributed by atoms with Crippen LogP contribution < -0.4 is 10.6 Å². The predicted octanol–water partition coefficient (Wildman–Crippen LogP) is 2.54. The number of urea groups is 1. The van der Waals surface area contributed by atoms with E-state index in [1.54, 1.807) is 4.90 Å². The molecule has 3 heteroatoms. The van der Waals surface area contributed by atoms with Crippen LogP contribution in [0.15, 0.2) is 24.3 Å². The second-order valence-electron chi connectivity index (χ2n) is 3.51. The SMILES string of the molecule is CCCN(C(N)=O)c1ccc(CC)cc1. The van der Waals surface area contributed by atoms with E-state index in [0.29, 0.717) is 6.54 Å². The van der Waals surface area contributed by atoms with Gasteiger partial charge >= 0.3 is 6.03 Å². The molecule has 1 aromatic rings.